The minimum absolute atomic E-state index is 0.614. The van der Waals surface area contributed by atoms with Crippen molar-refractivity contribution in [1.82, 2.24) is 0 Å². The van der Waals surface area contributed by atoms with E-state index in [0.717, 1.165) is 44.0 Å². The van der Waals surface area contributed by atoms with Crippen LogP contribution in [0.4, 0.5) is 0 Å². The maximum atomic E-state index is 5.74. The molecule has 0 bridgehead atoms. The molecule has 2 heteroatoms. The molecule has 0 saturated carbocycles. The third-order valence-electron chi connectivity index (χ3n) is 2.83. The van der Waals surface area contributed by atoms with Crippen LogP contribution in [0, 0.1) is 18.3 Å². The van der Waals surface area contributed by atoms with E-state index in [9.17, 15) is 0 Å². The van der Waals surface area contributed by atoms with Gasteiger partial charge in [-0.25, -0.2) is 0 Å². The molecule has 1 aliphatic rings. The van der Waals surface area contributed by atoms with Gasteiger partial charge >= 0.3 is 0 Å². The van der Waals surface area contributed by atoms with Gasteiger partial charge in [-0.2, -0.15) is 0 Å². The first kappa shape index (κ1) is 11.0. The van der Waals surface area contributed by atoms with E-state index < -0.39 is 0 Å². The predicted octanol–water partition coefficient (Wildman–Crippen LogP) is 2.47. The van der Waals surface area contributed by atoms with E-state index in [1.807, 2.05) is 24.3 Å². The van der Waals surface area contributed by atoms with Gasteiger partial charge in [0.05, 0.1) is 6.61 Å². The fourth-order valence-corrected chi connectivity index (χ4v) is 1.80. The first-order valence-electron chi connectivity index (χ1n) is 5.65. The minimum atomic E-state index is 0.614. The topological polar surface area (TPSA) is 18.5 Å². The summed E-state index contributed by atoms with van der Waals surface area (Å²) in [7, 11) is 0. The molecule has 0 atom stereocenters. The second-order valence-corrected chi connectivity index (χ2v) is 4.04. The number of hydrogen-bond acceptors (Lipinski definition) is 2. The summed E-state index contributed by atoms with van der Waals surface area (Å²) >= 11 is 0. The fraction of sp³-hybridized carbons (Fsp3) is 0.429. The third-order valence-corrected chi connectivity index (χ3v) is 2.83. The largest absolute Gasteiger partial charge is 0.493 e. The summed E-state index contributed by atoms with van der Waals surface area (Å²) in [5.41, 5.74) is 0.865. The van der Waals surface area contributed by atoms with Crippen molar-refractivity contribution in [2.24, 2.45) is 5.92 Å². The van der Waals surface area contributed by atoms with Crippen LogP contribution < -0.4 is 4.74 Å². The van der Waals surface area contributed by atoms with Crippen molar-refractivity contribution in [3.8, 4) is 18.1 Å². The molecule has 1 heterocycles. The Morgan fingerprint density at radius 3 is 2.94 bits per heavy atom. The Kier molecular flexibility index (Phi) is 3.85. The van der Waals surface area contributed by atoms with Gasteiger partial charge in [0.1, 0.15) is 5.75 Å². The Labute approximate surface area is 96.6 Å². The van der Waals surface area contributed by atoms with Crippen molar-refractivity contribution in [3.63, 3.8) is 0 Å². The summed E-state index contributed by atoms with van der Waals surface area (Å²) in [6, 6.07) is 7.68. The van der Waals surface area contributed by atoms with Crippen molar-refractivity contribution in [1.29, 1.82) is 0 Å². The van der Waals surface area contributed by atoms with Crippen LogP contribution in [0.5, 0.6) is 5.75 Å². The van der Waals surface area contributed by atoms with Crippen molar-refractivity contribution in [2.45, 2.75) is 12.8 Å². The van der Waals surface area contributed by atoms with E-state index in [-0.39, 0.29) is 0 Å². The Hall–Kier alpha value is -1.46. The normalized spacial score (nSPS) is 16.7. The van der Waals surface area contributed by atoms with Gasteiger partial charge in [0, 0.05) is 18.8 Å². The van der Waals surface area contributed by atoms with Crippen LogP contribution in [-0.4, -0.2) is 19.8 Å². The molecule has 0 radical (unpaired) electrons. The molecule has 0 N–H and O–H groups in total. The Balaban J connectivity index is 1.86. The molecule has 0 aliphatic carbocycles. The van der Waals surface area contributed by atoms with Crippen LogP contribution in [0.25, 0.3) is 0 Å². The predicted molar refractivity (Wildman–Crippen MR) is 63.4 cm³/mol. The molecular formula is C14H16O2. The fourth-order valence-electron chi connectivity index (χ4n) is 1.80. The molecule has 0 unspecified atom stereocenters. The third kappa shape index (κ3) is 3.01. The molecule has 0 aromatic heterocycles. The zero-order valence-electron chi connectivity index (χ0n) is 9.32. The quantitative estimate of drug-likeness (QED) is 0.723. The lowest BCUT2D eigenvalue weighted by Crippen LogP contribution is -2.21. The SMILES string of the molecule is C#Cc1cccc(OCC2CCOCC2)c1. The summed E-state index contributed by atoms with van der Waals surface area (Å²) in [6.07, 6.45) is 7.52. The lowest BCUT2D eigenvalue weighted by atomic mass is 10.0. The van der Waals surface area contributed by atoms with E-state index >= 15 is 0 Å². The monoisotopic (exact) mass is 216 g/mol. The maximum absolute atomic E-state index is 5.74. The van der Waals surface area contributed by atoms with Crippen molar-refractivity contribution < 1.29 is 9.47 Å². The smallest absolute Gasteiger partial charge is 0.120 e. The first-order chi connectivity index (χ1) is 7.88. The molecule has 16 heavy (non-hydrogen) atoms. The zero-order chi connectivity index (χ0) is 11.2. The minimum Gasteiger partial charge on any atom is -0.493 e. The highest BCUT2D eigenvalue weighted by atomic mass is 16.5. The standard InChI is InChI=1S/C14H16O2/c1-2-12-4-3-5-14(10-12)16-11-13-6-8-15-9-7-13/h1,3-5,10,13H,6-9,11H2. The second-order valence-electron chi connectivity index (χ2n) is 4.04. The molecule has 2 nitrogen and oxygen atoms in total. The van der Waals surface area contributed by atoms with E-state index in [1.165, 1.54) is 0 Å². The van der Waals surface area contributed by atoms with Crippen molar-refractivity contribution in [3.05, 3.63) is 29.8 Å². The maximum Gasteiger partial charge on any atom is 0.120 e. The number of rotatable bonds is 3. The van der Waals surface area contributed by atoms with Gasteiger partial charge in [0.2, 0.25) is 0 Å². The molecule has 84 valence electrons. The van der Waals surface area contributed by atoms with Gasteiger partial charge in [-0.1, -0.05) is 12.0 Å². The summed E-state index contributed by atoms with van der Waals surface area (Å²) in [6.45, 7) is 2.48. The summed E-state index contributed by atoms with van der Waals surface area (Å²) in [5.74, 6) is 4.08. The Morgan fingerprint density at radius 1 is 1.38 bits per heavy atom. The highest BCUT2D eigenvalue weighted by Crippen LogP contribution is 2.18. The molecule has 1 aliphatic heterocycles. The van der Waals surface area contributed by atoms with Gasteiger partial charge < -0.3 is 9.47 Å². The number of hydrogen-bond donors (Lipinski definition) is 0. The van der Waals surface area contributed by atoms with Gasteiger partial charge in [-0.05, 0) is 37.0 Å². The average Bonchev–Trinajstić information content (AvgIpc) is 2.38. The second kappa shape index (κ2) is 5.58. The summed E-state index contributed by atoms with van der Waals surface area (Å²) in [4.78, 5) is 0. The van der Waals surface area contributed by atoms with E-state index in [2.05, 4.69) is 5.92 Å². The molecule has 1 fully saturated rings. The van der Waals surface area contributed by atoms with E-state index in [0.29, 0.717) is 5.92 Å². The lowest BCUT2D eigenvalue weighted by Gasteiger charge is -2.22. The Bertz CT molecular complexity index is 373. The zero-order valence-corrected chi connectivity index (χ0v) is 9.32. The van der Waals surface area contributed by atoms with Crippen molar-refractivity contribution >= 4 is 0 Å². The van der Waals surface area contributed by atoms with E-state index in [1.54, 1.807) is 0 Å². The molecule has 1 aromatic rings. The van der Waals surface area contributed by atoms with Crippen LogP contribution in [0.3, 0.4) is 0 Å². The highest BCUT2D eigenvalue weighted by Gasteiger charge is 2.14. The van der Waals surface area contributed by atoms with Gasteiger partial charge in [-0.15, -0.1) is 6.42 Å². The van der Waals surface area contributed by atoms with Gasteiger partial charge in [-0.3, -0.25) is 0 Å². The van der Waals surface area contributed by atoms with Crippen LogP contribution >= 0.6 is 0 Å². The highest BCUT2D eigenvalue weighted by molar-refractivity contribution is 5.38. The average molecular weight is 216 g/mol. The molecule has 0 spiro atoms. The Morgan fingerprint density at radius 2 is 2.19 bits per heavy atom. The molecule has 2 rings (SSSR count). The molecule has 1 aromatic carbocycles. The van der Waals surface area contributed by atoms with Gasteiger partial charge in [0.25, 0.3) is 0 Å². The van der Waals surface area contributed by atoms with Crippen LogP contribution in [0.1, 0.15) is 18.4 Å². The van der Waals surface area contributed by atoms with Crippen LogP contribution in [0.15, 0.2) is 24.3 Å². The first-order valence-corrected chi connectivity index (χ1v) is 5.65. The van der Waals surface area contributed by atoms with E-state index in [4.69, 9.17) is 15.9 Å². The molecular weight excluding hydrogens is 200 g/mol. The summed E-state index contributed by atoms with van der Waals surface area (Å²) < 4.78 is 11.0. The molecule has 0 amide bonds. The number of terminal acetylenes is 1. The van der Waals surface area contributed by atoms with Gasteiger partial charge in [0.15, 0.2) is 0 Å². The number of ether oxygens (including phenoxy) is 2. The van der Waals surface area contributed by atoms with Crippen LogP contribution in [-0.2, 0) is 4.74 Å². The van der Waals surface area contributed by atoms with Crippen molar-refractivity contribution in [2.75, 3.05) is 19.8 Å². The molecule has 1 saturated heterocycles. The lowest BCUT2D eigenvalue weighted by molar-refractivity contribution is 0.0497. The van der Waals surface area contributed by atoms with Crippen LogP contribution in [0.2, 0.25) is 0 Å². The summed E-state index contributed by atoms with van der Waals surface area (Å²) in [5, 5.41) is 0. The number of benzene rings is 1.